The van der Waals surface area contributed by atoms with E-state index in [-0.39, 0.29) is 18.3 Å². The summed E-state index contributed by atoms with van der Waals surface area (Å²) in [6.07, 6.45) is 5.45. The monoisotopic (exact) mass is 456 g/mol. The lowest BCUT2D eigenvalue weighted by Crippen LogP contribution is -2.40. The lowest BCUT2D eigenvalue weighted by Gasteiger charge is -2.30. The van der Waals surface area contributed by atoms with Gasteiger partial charge in [0.25, 0.3) is 5.91 Å². The molecule has 0 spiro atoms. The van der Waals surface area contributed by atoms with Gasteiger partial charge < -0.3 is 14.7 Å². The van der Waals surface area contributed by atoms with Gasteiger partial charge in [-0.1, -0.05) is 37.3 Å². The number of benzene rings is 2. The average molecular weight is 457 g/mol. The summed E-state index contributed by atoms with van der Waals surface area (Å²) in [6.45, 7) is 3.39. The summed E-state index contributed by atoms with van der Waals surface area (Å²) >= 11 is 0. The third-order valence-corrected chi connectivity index (χ3v) is 6.84. The van der Waals surface area contributed by atoms with Gasteiger partial charge in [0, 0.05) is 18.5 Å². The van der Waals surface area contributed by atoms with Crippen LogP contribution in [0.25, 0.3) is 22.6 Å². The van der Waals surface area contributed by atoms with Crippen LogP contribution in [-0.4, -0.2) is 46.6 Å². The zero-order valence-corrected chi connectivity index (χ0v) is 19.3. The van der Waals surface area contributed by atoms with E-state index in [2.05, 4.69) is 6.92 Å². The summed E-state index contributed by atoms with van der Waals surface area (Å²) in [5, 5.41) is 10.3. The maximum Gasteiger partial charge on any atom is 0.339 e. The summed E-state index contributed by atoms with van der Waals surface area (Å²) in [5.74, 6) is 0.237. The number of nitrogens with zero attached hydrogens (tertiary/aromatic N) is 2. The average Bonchev–Trinajstić information content (AvgIpc) is 3.24. The number of hydrogen-bond donors (Lipinski definition) is 1. The van der Waals surface area contributed by atoms with Crippen LogP contribution in [0.4, 0.5) is 0 Å². The molecular formula is C28H28N2O4. The second kappa shape index (κ2) is 9.29. The van der Waals surface area contributed by atoms with Crippen LogP contribution < -0.4 is 0 Å². The molecule has 5 rings (SSSR count). The fourth-order valence-corrected chi connectivity index (χ4v) is 4.83. The molecule has 6 heteroatoms. The van der Waals surface area contributed by atoms with E-state index in [0.717, 1.165) is 65.6 Å². The molecule has 1 saturated heterocycles. The number of carbonyl (C=O) groups excluding carboxylic acids is 2. The van der Waals surface area contributed by atoms with Crippen LogP contribution in [0.3, 0.4) is 0 Å². The topological polar surface area (TPSA) is 79.7 Å². The number of piperidine rings is 1. The number of fused-ring (bicyclic) bond motifs is 2. The van der Waals surface area contributed by atoms with Crippen molar-refractivity contribution < 1.29 is 19.4 Å². The first kappa shape index (κ1) is 22.1. The second-order valence-corrected chi connectivity index (χ2v) is 9.23. The predicted molar refractivity (Wildman–Crippen MR) is 131 cm³/mol. The smallest absolute Gasteiger partial charge is 0.339 e. The summed E-state index contributed by atoms with van der Waals surface area (Å²) in [5.41, 5.74) is 4.90. The fraction of sp³-hybridized carbons (Fsp3) is 0.321. The van der Waals surface area contributed by atoms with Crippen molar-refractivity contribution in [1.82, 2.24) is 9.88 Å². The molecule has 1 aliphatic heterocycles. The van der Waals surface area contributed by atoms with Gasteiger partial charge in [0.15, 0.2) is 6.61 Å². The second-order valence-electron chi connectivity index (χ2n) is 9.23. The molecule has 1 aliphatic carbocycles. The minimum atomic E-state index is -0.473. The minimum Gasteiger partial charge on any atom is -0.508 e. The van der Waals surface area contributed by atoms with Gasteiger partial charge in [-0.2, -0.15) is 0 Å². The third kappa shape index (κ3) is 4.40. The molecule has 2 heterocycles. The highest BCUT2D eigenvalue weighted by Crippen LogP contribution is 2.38. The maximum absolute atomic E-state index is 13.3. The van der Waals surface area contributed by atoms with Gasteiger partial charge in [-0.25, -0.2) is 9.78 Å². The quantitative estimate of drug-likeness (QED) is 0.568. The number of phenolic OH excluding ortho intramolecular Hbond substituents is 1. The molecule has 0 radical (unpaired) electrons. The van der Waals surface area contributed by atoms with Crippen LogP contribution >= 0.6 is 0 Å². The number of amides is 1. The zero-order chi connectivity index (χ0) is 23.7. The Balaban J connectivity index is 1.44. The normalized spacial score (nSPS) is 17.2. The van der Waals surface area contributed by atoms with Crippen molar-refractivity contribution in [3.05, 3.63) is 70.9 Å². The molecule has 1 amide bonds. The number of pyridine rings is 1. The summed E-state index contributed by atoms with van der Waals surface area (Å²) in [7, 11) is 0. The molecule has 0 bridgehead atoms. The minimum absolute atomic E-state index is 0.136. The number of likely N-dealkylation sites (tertiary alicyclic amines) is 1. The van der Waals surface area contributed by atoms with Gasteiger partial charge in [0.1, 0.15) is 5.75 Å². The molecule has 1 N–H and O–H groups in total. The van der Waals surface area contributed by atoms with Crippen LogP contribution in [0.15, 0.2) is 48.5 Å². The molecule has 174 valence electrons. The Labute approximate surface area is 198 Å². The first-order chi connectivity index (χ1) is 16.5. The number of aromatic nitrogens is 1. The Morgan fingerprint density at radius 2 is 1.82 bits per heavy atom. The van der Waals surface area contributed by atoms with Crippen LogP contribution in [0.1, 0.15) is 53.4 Å². The van der Waals surface area contributed by atoms with Crippen molar-refractivity contribution in [2.75, 3.05) is 19.7 Å². The fourth-order valence-electron chi connectivity index (χ4n) is 4.83. The van der Waals surface area contributed by atoms with Crippen LogP contribution in [0.5, 0.6) is 5.75 Å². The molecule has 1 fully saturated rings. The lowest BCUT2D eigenvalue weighted by atomic mass is 9.99. The molecule has 2 aliphatic rings. The van der Waals surface area contributed by atoms with Crippen molar-refractivity contribution in [3.8, 4) is 5.75 Å². The van der Waals surface area contributed by atoms with E-state index in [0.29, 0.717) is 17.9 Å². The summed E-state index contributed by atoms with van der Waals surface area (Å²) < 4.78 is 5.56. The van der Waals surface area contributed by atoms with E-state index in [9.17, 15) is 14.7 Å². The van der Waals surface area contributed by atoms with Gasteiger partial charge in [-0.3, -0.25) is 4.79 Å². The van der Waals surface area contributed by atoms with E-state index >= 15 is 0 Å². The number of allylic oxidation sites excluding steroid dienone is 1. The van der Waals surface area contributed by atoms with Crippen molar-refractivity contribution in [3.63, 3.8) is 0 Å². The van der Waals surface area contributed by atoms with Gasteiger partial charge in [0.05, 0.1) is 16.8 Å². The molecule has 2 aromatic carbocycles. The number of hydrogen-bond acceptors (Lipinski definition) is 5. The molecule has 0 atom stereocenters. The molecular weight excluding hydrogens is 428 g/mol. The third-order valence-electron chi connectivity index (χ3n) is 6.84. The number of carbonyl (C=O) groups is 2. The Kier molecular flexibility index (Phi) is 6.05. The summed E-state index contributed by atoms with van der Waals surface area (Å²) in [6, 6.07) is 14.6. The molecule has 3 aromatic rings. The summed E-state index contributed by atoms with van der Waals surface area (Å²) in [4.78, 5) is 32.6. The highest BCUT2D eigenvalue weighted by molar-refractivity contribution is 6.07. The highest BCUT2D eigenvalue weighted by Gasteiger charge is 2.28. The highest BCUT2D eigenvalue weighted by atomic mass is 16.5. The zero-order valence-electron chi connectivity index (χ0n) is 19.3. The van der Waals surface area contributed by atoms with E-state index in [4.69, 9.17) is 9.72 Å². The van der Waals surface area contributed by atoms with Crippen molar-refractivity contribution in [2.24, 2.45) is 5.92 Å². The Morgan fingerprint density at radius 3 is 2.59 bits per heavy atom. The van der Waals surface area contributed by atoms with Gasteiger partial charge >= 0.3 is 5.97 Å². The Bertz CT molecular complexity index is 1270. The number of phenols is 1. The van der Waals surface area contributed by atoms with Gasteiger partial charge in [0.2, 0.25) is 0 Å². The Morgan fingerprint density at radius 1 is 1.09 bits per heavy atom. The number of aromatic hydroxyl groups is 1. The predicted octanol–water partition coefficient (Wildman–Crippen LogP) is 4.84. The molecule has 34 heavy (non-hydrogen) atoms. The molecule has 0 unspecified atom stereocenters. The van der Waals surface area contributed by atoms with Crippen LogP contribution in [-0.2, 0) is 16.0 Å². The van der Waals surface area contributed by atoms with Gasteiger partial charge in [-0.05, 0) is 72.6 Å². The number of ether oxygens (including phenoxy) is 1. The first-order valence-corrected chi connectivity index (χ1v) is 11.9. The molecule has 0 saturated carbocycles. The van der Waals surface area contributed by atoms with Crippen molar-refractivity contribution in [1.29, 1.82) is 0 Å². The van der Waals surface area contributed by atoms with Crippen LogP contribution in [0.2, 0.25) is 0 Å². The van der Waals surface area contributed by atoms with Crippen LogP contribution in [0, 0.1) is 5.92 Å². The molecule has 1 aromatic heterocycles. The standard InChI is InChI=1S/C28H28N2O4/c1-18-12-14-30(15-13-18)25(32)17-34-28(33)26-22-4-2-3-5-24(22)29-27-20(8-11-23(26)27)16-19-6-9-21(31)10-7-19/h2-7,9-10,16,18,31H,8,11-15,17H2,1H3. The van der Waals surface area contributed by atoms with Crippen molar-refractivity contribution >= 4 is 34.4 Å². The maximum atomic E-state index is 13.3. The van der Waals surface area contributed by atoms with E-state index in [1.54, 1.807) is 17.0 Å². The SMILES string of the molecule is CC1CCN(C(=O)COC(=O)c2c3c(nc4ccccc24)C(=Cc2ccc(O)cc2)CC3)CC1. The number of para-hydroxylation sites is 1. The van der Waals surface area contributed by atoms with E-state index in [1.165, 1.54) is 0 Å². The molecule has 6 nitrogen and oxygen atoms in total. The van der Waals surface area contributed by atoms with Gasteiger partial charge in [-0.15, -0.1) is 0 Å². The largest absolute Gasteiger partial charge is 0.508 e. The van der Waals surface area contributed by atoms with Crippen molar-refractivity contribution in [2.45, 2.75) is 32.6 Å². The van der Waals surface area contributed by atoms with E-state index in [1.807, 2.05) is 42.5 Å². The lowest BCUT2D eigenvalue weighted by molar-refractivity contribution is -0.135. The number of rotatable bonds is 4. The first-order valence-electron chi connectivity index (χ1n) is 11.9. The van der Waals surface area contributed by atoms with E-state index < -0.39 is 5.97 Å². The number of esters is 1. The Hall–Kier alpha value is -3.67.